The Bertz CT molecular complexity index is 520. The minimum atomic E-state index is -1.34. The molecule has 2 aliphatic heterocycles. The Morgan fingerprint density at radius 3 is 2.80 bits per heavy atom. The van der Waals surface area contributed by atoms with E-state index in [2.05, 4.69) is 36.0 Å². The molecule has 0 aliphatic carbocycles. The molecule has 2 rings (SSSR count). The molecule has 0 unspecified atom stereocenters. The highest BCUT2D eigenvalue weighted by Gasteiger charge is 2.48. The molecular formula is C17H30N2O5Si. The van der Waals surface area contributed by atoms with Crippen LogP contribution in [-0.2, 0) is 19.1 Å². The number of methoxy groups -OCH3 is 1. The third-order valence-corrected chi connectivity index (χ3v) is 5.55. The van der Waals surface area contributed by atoms with Crippen LogP contribution in [0, 0.1) is 0 Å². The van der Waals surface area contributed by atoms with E-state index in [1.165, 1.54) is 7.11 Å². The average Bonchev–Trinajstić information content (AvgIpc) is 3.32. The van der Waals surface area contributed by atoms with Crippen molar-refractivity contribution in [3.05, 3.63) is 11.8 Å². The van der Waals surface area contributed by atoms with Crippen LogP contribution in [0.1, 0.15) is 19.3 Å². The first-order valence-electron chi connectivity index (χ1n) is 8.86. The van der Waals surface area contributed by atoms with Crippen molar-refractivity contribution in [2.75, 3.05) is 13.7 Å². The van der Waals surface area contributed by atoms with Gasteiger partial charge >= 0.3 is 0 Å². The molecule has 142 valence electrons. The SMILES string of the molecule is CO[C@@H](C(=O)N[C@H]1CCCCNC1=O)[C@H](O)[C@H]1O[C@@H]1/C=C/[Si](C)(C)C. The monoisotopic (exact) mass is 370 g/mol. The van der Waals surface area contributed by atoms with Gasteiger partial charge in [-0.25, -0.2) is 0 Å². The zero-order chi connectivity index (χ0) is 18.6. The fourth-order valence-corrected chi connectivity index (χ4v) is 3.62. The highest BCUT2D eigenvalue weighted by molar-refractivity contribution is 6.80. The van der Waals surface area contributed by atoms with E-state index in [-0.39, 0.29) is 12.0 Å². The Balaban J connectivity index is 1.91. The molecule has 0 radical (unpaired) electrons. The largest absolute Gasteiger partial charge is 0.387 e. The lowest BCUT2D eigenvalue weighted by atomic mass is 10.1. The van der Waals surface area contributed by atoms with Crippen molar-refractivity contribution < 1.29 is 24.2 Å². The normalized spacial score (nSPS) is 29.6. The number of carbonyl (C=O) groups is 2. The van der Waals surface area contributed by atoms with E-state index in [9.17, 15) is 14.7 Å². The molecule has 8 heteroatoms. The number of carbonyl (C=O) groups excluding carboxylic acids is 2. The summed E-state index contributed by atoms with van der Waals surface area (Å²) in [7, 11) is 0.0302. The van der Waals surface area contributed by atoms with Crippen LogP contribution in [0.3, 0.4) is 0 Å². The summed E-state index contributed by atoms with van der Waals surface area (Å²) < 4.78 is 10.7. The lowest BCUT2D eigenvalue weighted by Crippen LogP contribution is -2.52. The van der Waals surface area contributed by atoms with Crippen molar-refractivity contribution in [2.24, 2.45) is 0 Å². The summed E-state index contributed by atoms with van der Waals surface area (Å²) in [4.78, 5) is 24.4. The summed E-state index contributed by atoms with van der Waals surface area (Å²) in [5.74, 6) is -0.672. The summed E-state index contributed by atoms with van der Waals surface area (Å²) in [6, 6.07) is -0.581. The molecule has 0 aromatic carbocycles. The highest BCUT2D eigenvalue weighted by Crippen LogP contribution is 2.29. The number of amides is 2. The van der Waals surface area contributed by atoms with Crippen LogP contribution in [0.5, 0.6) is 0 Å². The molecule has 2 saturated heterocycles. The van der Waals surface area contributed by atoms with Crippen LogP contribution in [0.25, 0.3) is 0 Å². The maximum atomic E-state index is 12.5. The lowest BCUT2D eigenvalue weighted by Gasteiger charge is -2.22. The maximum absolute atomic E-state index is 12.5. The van der Waals surface area contributed by atoms with E-state index < -0.39 is 38.3 Å². The van der Waals surface area contributed by atoms with Crippen LogP contribution in [0.15, 0.2) is 11.8 Å². The summed E-state index contributed by atoms with van der Waals surface area (Å²) in [6.45, 7) is 7.25. The second kappa shape index (κ2) is 8.44. The number of aliphatic hydroxyl groups excluding tert-OH is 1. The Kier molecular flexibility index (Phi) is 6.78. The predicted octanol–water partition coefficient (Wildman–Crippen LogP) is 0.348. The molecule has 0 aromatic rings. The zero-order valence-corrected chi connectivity index (χ0v) is 16.5. The number of epoxide rings is 1. The van der Waals surface area contributed by atoms with Gasteiger partial charge in [0.25, 0.3) is 5.91 Å². The van der Waals surface area contributed by atoms with Gasteiger partial charge in [-0.05, 0) is 19.3 Å². The topological polar surface area (TPSA) is 100 Å². The van der Waals surface area contributed by atoms with Crippen LogP contribution < -0.4 is 10.6 Å². The summed E-state index contributed by atoms with van der Waals surface area (Å²) in [5, 5.41) is 15.9. The molecule has 0 saturated carbocycles. The van der Waals surface area contributed by atoms with Crippen LogP contribution in [0.4, 0.5) is 0 Å². The molecule has 25 heavy (non-hydrogen) atoms. The minimum absolute atomic E-state index is 0.186. The van der Waals surface area contributed by atoms with Gasteiger partial charge in [0.15, 0.2) is 6.10 Å². The fourth-order valence-electron chi connectivity index (χ4n) is 2.85. The molecule has 0 spiro atoms. The van der Waals surface area contributed by atoms with E-state index in [0.29, 0.717) is 13.0 Å². The Labute approximate surface area is 150 Å². The molecule has 3 N–H and O–H groups in total. The number of rotatable bonds is 7. The molecule has 5 atom stereocenters. The van der Waals surface area contributed by atoms with Gasteiger partial charge in [-0.15, -0.1) is 0 Å². The van der Waals surface area contributed by atoms with Crippen LogP contribution in [0.2, 0.25) is 19.6 Å². The first-order chi connectivity index (χ1) is 11.7. The van der Waals surface area contributed by atoms with Gasteiger partial charge in [0.2, 0.25) is 5.91 Å². The molecule has 7 nitrogen and oxygen atoms in total. The number of nitrogens with one attached hydrogen (secondary N) is 2. The third-order valence-electron chi connectivity index (χ3n) is 4.36. The Hall–Kier alpha value is -1.22. The second-order valence-electron chi connectivity index (χ2n) is 7.79. The molecule has 2 fully saturated rings. The number of aliphatic hydroxyl groups is 1. The molecule has 2 aliphatic rings. The van der Waals surface area contributed by atoms with Gasteiger partial charge in [0.05, 0.1) is 8.07 Å². The molecular weight excluding hydrogens is 340 g/mol. The van der Waals surface area contributed by atoms with E-state index in [1.807, 2.05) is 6.08 Å². The van der Waals surface area contributed by atoms with E-state index in [0.717, 1.165) is 12.8 Å². The first kappa shape index (κ1) is 20.1. The van der Waals surface area contributed by atoms with Gasteiger partial charge in [-0.3, -0.25) is 9.59 Å². The van der Waals surface area contributed by atoms with Crippen LogP contribution in [-0.4, -0.2) is 69.1 Å². The first-order valence-corrected chi connectivity index (χ1v) is 12.4. The van der Waals surface area contributed by atoms with Gasteiger partial charge in [0.1, 0.15) is 24.4 Å². The lowest BCUT2D eigenvalue weighted by molar-refractivity contribution is -0.141. The number of hydrogen-bond donors (Lipinski definition) is 3. The van der Waals surface area contributed by atoms with Crippen molar-refractivity contribution in [2.45, 2.75) is 69.4 Å². The molecule has 0 aromatic heterocycles. The number of ether oxygens (including phenoxy) is 2. The second-order valence-corrected chi connectivity index (χ2v) is 12.9. The van der Waals surface area contributed by atoms with Crippen molar-refractivity contribution in [3.8, 4) is 0 Å². The van der Waals surface area contributed by atoms with Gasteiger partial charge in [0, 0.05) is 13.7 Å². The smallest absolute Gasteiger partial charge is 0.252 e. The summed E-state index contributed by atoms with van der Waals surface area (Å²) >= 11 is 0. The molecule has 2 heterocycles. The molecule has 2 amide bonds. The maximum Gasteiger partial charge on any atom is 0.252 e. The van der Waals surface area contributed by atoms with E-state index >= 15 is 0 Å². The highest BCUT2D eigenvalue weighted by atomic mass is 28.3. The predicted molar refractivity (Wildman–Crippen MR) is 96.7 cm³/mol. The van der Waals surface area contributed by atoms with Crippen molar-refractivity contribution in [1.29, 1.82) is 0 Å². The van der Waals surface area contributed by atoms with Gasteiger partial charge in [-0.2, -0.15) is 0 Å². The fraction of sp³-hybridized carbons (Fsp3) is 0.765. The molecule has 0 bridgehead atoms. The quantitative estimate of drug-likeness (QED) is 0.443. The van der Waals surface area contributed by atoms with E-state index in [4.69, 9.17) is 9.47 Å². The Morgan fingerprint density at radius 1 is 1.44 bits per heavy atom. The third kappa shape index (κ3) is 5.91. The minimum Gasteiger partial charge on any atom is -0.387 e. The Morgan fingerprint density at radius 2 is 2.16 bits per heavy atom. The van der Waals surface area contributed by atoms with E-state index in [1.54, 1.807) is 0 Å². The van der Waals surface area contributed by atoms with Crippen molar-refractivity contribution in [3.63, 3.8) is 0 Å². The average molecular weight is 371 g/mol. The van der Waals surface area contributed by atoms with Gasteiger partial charge in [-0.1, -0.05) is 31.4 Å². The standard InChI is InChI=1S/C17H30N2O5Si/c1-23-15(13(20)14-12(24-14)8-10-25(2,3)4)17(22)19-11-7-5-6-9-18-16(11)21/h8,10-15,20H,5-7,9H2,1-4H3,(H,18,21)(H,19,22)/b10-8+/t11-,12+,13+,14-,15+/m0/s1. The summed E-state index contributed by atoms with van der Waals surface area (Å²) in [6.07, 6.45) is 1.53. The van der Waals surface area contributed by atoms with Crippen molar-refractivity contribution >= 4 is 19.9 Å². The number of hydrogen-bond acceptors (Lipinski definition) is 5. The van der Waals surface area contributed by atoms with Gasteiger partial charge < -0.3 is 25.2 Å². The van der Waals surface area contributed by atoms with Crippen LogP contribution >= 0.6 is 0 Å². The zero-order valence-electron chi connectivity index (χ0n) is 15.5. The summed E-state index contributed by atoms with van der Waals surface area (Å²) in [5.41, 5.74) is 2.15. The van der Waals surface area contributed by atoms with Crippen molar-refractivity contribution in [1.82, 2.24) is 10.6 Å².